The predicted molar refractivity (Wildman–Crippen MR) is 82.7 cm³/mol. The summed E-state index contributed by atoms with van der Waals surface area (Å²) in [5.41, 5.74) is 2.63. The molecule has 0 saturated heterocycles. The summed E-state index contributed by atoms with van der Waals surface area (Å²) in [6, 6.07) is 13.2. The van der Waals surface area contributed by atoms with Gasteiger partial charge in [-0.3, -0.25) is 9.36 Å². The molecule has 5 rings (SSSR count). The van der Waals surface area contributed by atoms with E-state index in [0.29, 0.717) is 22.2 Å². The van der Waals surface area contributed by atoms with Gasteiger partial charge in [-0.05, 0) is 24.3 Å². The normalized spacial score (nSPS) is 12.2. The molecule has 1 aliphatic rings. The van der Waals surface area contributed by atoms with Gasteiger partial charge in [0.05, 0.1) is 22.8 Å². The first-order valence-corrected chi connectivity index (χ1v) is 6.89. The van der Waals surface area contributed by atoms with E-state index in [-0.39, 0.29) is 5.43 Å². The van der Waals surface area contributed by atoms with Crippen LogP contribution in [0, 0.1) is 0 Å². The third kappa shape index (κ3) is 1.30. The second kappa shape index (κ2) is 3.92. The van der Waals surface area contributed by atoms with Crippen LogP contribution in [0.3, 0.4) is 0 Å². The van der Waals surface area contributed by atoms with Gasteiger partial charge in [0.2, 0.25) is 5.43 Å². The van der Waals surface area contributed by atoms with E-state index in [1.807, 2.05) is 41.0 Å². The van der Waals surface area contributed by atoms with Crippen molar-refractivity contribution in [3.8, 4) is 17.2 Å². The van der Waals surface area contributed by atoms with Crippen LogP contribution in [-0.2, 0) is 0 Å². The maximum atomic E-state index is 12.7. The molecule has 2 aromatic heterocycles. The molecule has 2 aromatic carbocycles. The quantitative estimate of drug-likeness (QED) is 0.411. The molecular weight excluding hydrogens is 278 g/mol. The largest absolute Gasteiger partial charge is 0.453 e. The van der Waals surface area contributed by atoms with Gasteiger partial charge < -0.3 is 4.74 Å². The minimum atomic E-state index is -0.103. The molecule has 0 atom stereocenters. The van der Waals surface area contributed by atoms with E-state index < -0.39 is 0 Å². The molecule has 5 heteroatoms. The number of benzene rings is 2. The summed E-state index contributed by atoms with van der Waals surface area (Å²) in [5, 5.41) is 0.596. The third-order valence-electron chi connectivity index (χ3n) is 3.94. The molecule has 0 amide bonds. The molecular formula is C17H9N3O2. The van der Waals surface area contributed by atoms with Gasteiger partial charge in [0, 0.05) is 0 Å². The van der Waals surface area contributed by atoms with Gasteiger partial charge in [-0.1, -0.05) is 18.2 Å². The highest BCUT2D eigenvalue weighted by Crippen LogP contribution is 2.40. The monoisotopic (exact) mass is 287 g/mol. The zero-order valence-electron chi connectivity index (χ0n) is 11.4. The Bertz CT molecular complexity index is 1130. The van der Waals surface area contributed by atoms with Crippen LogP contribution in [0.1, 0.15) is 0 Å². The average Bonchev–Trinajstić information content (AvgIpc) is 2.58. The maximum absolute atomic E-state index is 12.7. The second-order valence-corrected chi connectivity index (χ2v) is 5.14. The summed E-state index contributed by atoms with van der Waals surface area (Å²) in [4.78, 5) is 21.0. The molecule has 1 aliphatic heterocycles. The molecule has 0 unspecified atom stereocenters. The van der Waals surface area contributed by atoms with Gasteiger partial charge in [0.15, 0.2) is 11.5 Å². The lowest BCUT2D eigenvalue weighted by atomic mass is 10.1. The van der Waals surface area contributed by atoms with Crippen molar-refractivity contribution >= 4 is 21.9 Å². The molecule has 0 saturated carbocycles. The van der Waals surface area contributed by atoms with Crippen LogP contribution in [0.15, 0.2) is 59.8 Å². The van der Waals surface area contributed by atoms with E-state index in [0.717, 1.165) is 17.0 Å². The van der Waals surface area contributed by atoms with Gasteiger partial charge in [0.25, 0.3) is 0 Å². The third-order valence-corrected chi connectivity index (χ3v) is 3.94. The number of ether oxygens (including phenoxy) is 1. The number of rotatable bonds is 0. The van der Waals surface area contributed by atoms with Gasteiger partial charge >= 0.3 is 0 Å². The molecule has 0 aliphatic carbocycles. The number of aromatic nitrogens is 3. The minimum Gasteiger partial charge on any atom is -0.453 e. The Hall–Kier alpha value is -3.21. The number of pyridine rings is 1. The summed E-state index contributed by atoms with van der Waals surface area (Å²) in [5.74, 6) is 1.41. The lowest BCUT2D eigenvalue weighted by molar-refractivity contribution is 0.476. The first-order valence-electron chi connectivity index (χ1n) is 6.89. The number of nitrogens with zero attached hydrogens (tertiary/aromatic N) is 3. The van der Waals surface area contributed by atoms with Crippen molar-refractivity contribution in [2.75, 3.05) is 0 Å². The standard InChI is InChI=1S/C17H9N3O2/c21-17-10-4-3-7-14-16(10)20(12-8-18-9-19-15(12)17)11-5-1-2-6-13(11)22-14/h1-9H. The fourth-order valence-corrected chi connectivity index (χ4v) is 3.02. The number of para-hydroxylation sites is 3. The zero-order valence-corrected chi connectivity index (χ0v) is 11.4. The van der Waals surface area contributed by atoms with Gasteiger partial charge in [-0.2, -0.15) is 0 Å². The van der Waals surface area contributed by atoms with Gasteiger partial charge in [0.1, 0.15) is 17.4 Å². The smallest absolute Gasteiger partial charge is 0.215 e. The fraction of sp³-hybridized carbons (Fsp3) is 0. The van der Waals surface area contributed by atoms with Crippen LogP contribution in [0.5, 0.6) is 11.5 Å². The van der Waals surface area contributed by atoms with Crippen molar-refractivity contribution in [2.24, 2.45) is 0 Å². The summed E-state index contributed by atoms with van der Waals surface area (Å²) >= 11 is 0. The van der Waals surface area contributed by atoms with Crippen molar-refractivity contribution < 1.29 is 4.74 Å². The van der Waals surface area contributed by atoms with E-state index in [1.165, 1.54) is 6.33 Å². The zero-order chi connectivity index (χ0) is 14.7. The molecule has 5 nitrogen and oxygen atoms in total. The van der Waals surface area contributed by atoms with Crippen LogP contribution >= 0.6 is 0 Å². The van der Waals surface area contributed by atoms with Crippen LogP contribution in [0.2, 0.25) is 0 Å². The van der Waals surface area contributed by atoms with Gasteiger partial charge in [-0.25, -0.2) is 9.97 Å². The van der Waals surface area contributed by atoms with Gasteiger partial charge in [-0.15, -0.1) is 0 Å². The Balaban J connectivity index is 2.16. The number of hydrogen-bond acceptors (Lipinski definition) is 4. The molecule has 0 spiro atoms. The summed E-state index contributed by atoms with van der Waals surface area (Å²) < 4.78 is 7.95. The van der Waals surface area contributed by atoms with Crippen molar-refractivity contribution in [3.63, 3.8) is 0 Å². The Kier molecular flexibility index (Phi) is 2.04. The SMILES string of the molecule is O=c1c2cccc3c2n(c2cncnc12)-c1ccccc1O3. The Morgan fingerprint density at radius 3 is 2.82 bits per heavy atom. The number of fused-ring (bicyclic) bond motifs is 4. The summed E-state index contributed by atoms with van der Waals surface area (Å²) in [6.45, 7) is 0. The van der Waals surface area contributed by atoms with E-state index in [9.17, 15) is 4.79 Å². The molecule has 0 N–H and O–H groups in total. The van der Waals surface area contributed by atoms with Crippen molar-refractivity contribution in [1.29, 1.82) is 0 Å². The van der Waals surface area contributed by atoms with Crippen molar-refractivity contribution in [2.45, 2.75) is 0 Å². The molecule has 3 heterocycles. The lowest BCUT2D eigenvalue weighted by Crippen LogP contribution is -2.15. The summed E-state index contributed by atoms with van der Waals surface area (Å²) in [6.07, 6.45) is 3.07. The highest BCUT2D eigenvalue weighted by Gasteiger charge is 2.23. The highest BCUT2D eigenvalue weighted by atomic mass is 16.5. The van der Waals surface area contributed by atoms with E-state index in [4.69, 9.17) is 4.74 Å². The Morgan fingerprint density at radius 1 is 1.00 bits per heavy atom. The molecule has 0 bridgehead atoms. The lowest BCUT2D eigenvalue weighted by Gasteiger charge is -2.24. The maximum Gasteiger partial charge on any atom is 0.215 e. The fourth-order valence-electron chi connectivity index (χ4n) is 3.02. The average molecular weight is 287 g/mol. The topological polar surface area (TPSA) is 57.0 Å². The first kappa shape index (κ1) is 11.4. The van der Waals surface area contributed by atoms with Crippen LogP contribution in [-0.4, -0.2) is 14.5 Å². The number of hydrogen-bond donors (Lipinski definition) is 0. The van der Waals surface area contributed by atoms with Crippen molar-refractivity contribution in [1.82, 2.24) is 14.5 Å². The molecule has 22 heavy (non-hydrogen) atoms. The minimum absolute atomic E-state index is 0.103. The van der Waals surface area contributed by atoms with E-state index in [1.54, 1.807) is 12.3 Å². The second-order valence-electron chi connectivity index (χ2n) is 5.14. The molecule has 4 aromatic rings. The molecule has 104 valence electrons. The van der Waals surface area contributed by atoms with Crippen LogP contribution in [0.4, 0.5) is 0 Å². The summed E-state index contributed by atoms with van der Waals surface area (Å²) in [7, 11) is 0. The predicted octanol–water partition coefficient (Wildman–Crippen LogP) is 3.04. The first-order chi connectivity index (χ1) is 10.8. The van der Waals surface area contributed by atoms with Crippen LogP contribution in [0.25, 0.3) is 27.6 Å². The van der Waals surface area contributed by atoms with Crippen molar-refractivity contribution in [3.05, 3.63) is 65.2 Å². The van der Waals surface area contributed by atoms with E-state index >= 15 is 0 Å². The molecule has 0 fully saturated rings. The molecule has 0 radical (unpaired) electrons. The van der Waals surface area contributed by atoms with Crippen LogP contribution < -0.4 is 10.2 Å². The Morgan fingerprint density at radius 2 is 1.86 bits per heavy atom. The highest BCUT2D eigenvalue weighted by molar-refractivity contribution is 5.97. The van der Waals surface area contributed by atoms with E-state index in [2.05, 4.69) is 9.97 Å². The Labute approximate surface area is 124 Å².